The van der Waals surface area contributed by atoms with Gasteiger partial charge in [0.05, 0.1) is 40.7 Å². The Balaban J connectivity index is 0.000000643. The lowest BCUT2D eigenvalue weighted by Crippen LogP contribution is -2.70. The summed E-state index contributed by atoms with van der Waals surface area (Å²) >= 11 is 0. The number of phenolic OH excluding ortho intramolecular Hbond substituents is 1. The third kappa shape index (κ3) is 9.61. The molecule has 0 radical (unpaired) electrons. The largest absolute Gasteiger partial charge is 0.510 e. The highest BCUT2D eigenvalue weighted by atomic mass is 31.2. The molecule has 0 saturated heterocycles. The smallest absolute Gasteiger partial charge is 0.466 e. The van der Waals surface area contributed by atoms with Crippen LogP contribution in [0.15, 0.2) is 40.9 Å². The molecule has 26 heteroatoms. The van der Waals surface area contributed by atoms with Crippen LogP contribution in [0.4, 0.5) is 0 Å². The summed E-state index contributed by atoms with van der Waals surface area (Å²) in [4.78, 5) is 104. The van der Waals surface area contributed by atoms with E-state index in [0.29, 0.717) is 0 Å². The van der Waals surface area contributed by atoms with Crippen molar-refractivity contribution in [2.45, 2.75) is 30.3 Å². The number of aliphatic hydroxyl groups is 5. The van der Waals surface area contributed by atoms with Crippen molar-refractivity contribution in [3.63, 3.8) is 0 Å². The Labute approximate surface area is 268 Å². The van der Waals surface area contributed by atoms with Crippen molar-refractivity contribution in [3.8, 4) is 5.75 Å². The van der Waals surface area contributed by atoms with E-state index in [0.717, 1.165) is 0 Å². The van der Waals surface area contributed by atoms with Gasteiger partial charge in [-0.15, -0.1) is 0 Å². The monoisotopic (exact) mass is 754 g/mol. The third-order valence-corrected chi connectivity index (χ3v) is 7.04. The summed E-state index contributed by atoms with van der Waals surface area (Å²) in [6.07, 6.45) is -1.87. The van der Waals surface area contributed by atoms with E-state index in [9.17, 15) is 45.0 Å². The third-order valence-electron chi connectivity index (χ3n) is 7.04. The molecule has 0 saturated carbocycles. The Kier molecular flexibility index (Phi) is 13.0. The van der Waals surface area contributed by atoms with Gasteiger partial charge in [-0.05, 0) is 32.6 Å². The number of hydrogen-bond acceptors (Lipinski definition) is 13. The quantitative estimate of drug-likeness (QED) is 0.101. The maximum absolute atomic E-state index is 13.3. The summed E-state index contributed by atoms with van der Waals surface area (Å²) in [6, 6.07) is 2.54. The Morgan fingerprint density at radius 2 is 1.27 bits per heavy atom. The number of Topliss-reactive ketones (excluding diaryl/α,β-unsaturated/α-hetero) is 2. The van der Waals surface area contributed by atoms with Gasteiger partial charge in [0.25, 0.3) is 5.91 Å². The van der Waals surface area contributed by atoms with Crippen molar-refractivity contribution >= 4 is 40.9 Å². The first-order chi connectivity index (χ1) is 21.2. The highest BCUT2D eigenvalue weighted by Crippen LogP contribution is 2.56. The van der Waals surface area contributed by atoms with Gasteiger partial charge in [-0.1, -0.05) is 12.1 Å². The van der Waals surface area contributed by atoms with Gasteiger partial charge < -0.3 is 80.4 Å². The number of amides is 1. The molecule has 4 rings (SSSR count). The molecule has 0 aliphatic heterocycles. The topological polar surface area (TPSA) is 435 Å². The zero-order valence-corrected chi connectivity index (χ0v) is 27.2. The molecule has 0 bridgehead atoms. The van der Waals surface area contributed by atoms with Gasteiger partial charge in [0.2, 0.25) is 5.78 Å². The van der Waals surface area contributed by atoms with Crippen LogP contribution in [-0.4, -0.2) is 129 Å². The average Bonchev–Trinajstić information content (AvgIpc) is 2.83. The van der Waals surface area contributed by atoms with E-state index in [2.05, 4.69) is 0 Å². The van der Waals surface area contributed by atoms with Gasteiger partial charge in [-0.25, -0.2) is 13.7 Å². The van der Waals surface area contributed by atoms with E-state index in [1.807, 2.05) is 0 Å². The lowest BCUT2D eigenvalue weighted by molar-refractivity contribution is -0.173. The number of aliphatic hydroxyl groups excluding tert-OH is 3. The minimum atomic E-state index is -4.64. The predicted molar refractivity (Wildman–Crippen MR) is 154 cm³/mol. The van der Waals surface area contributed by atoms with Gasteiger partial charge in [0.1, 0.15) is 22.8 Å². The number of rotatable bonds is 2. The van der Waals surface area contributed by atoms with Crippen LogP contribution in [-0.2, 0) is 28.9 Å². The fraction of sp³-hybridized carbons (Fsp3) is 0.409. The number of fused-ring (bicyclic) bond motifs is 3. The van der Waals surface area contributed by atoms with Gasteiger partial charge in [0.15, 0.2) is 11.4 Å². The number of carbonyl (C=O) groups is 3. The first-order valence-electron chi connectivity index (χ1n) is 12.4. The molecule has 1 amide bonds. The van der Waals surface area contributed by atoms with Crippen LogP contribution in [0.2, 0.25) is 0 Å². The van der Waals surface area contributed by atoms with Crippen LogP contribution in [0.1, 0.15) is 22.8 Å². The van der Waals surface area contributed by atoms with Crippen molar-refractivity contribution in [1.82, 2.24) is 4.90 Å². The van der Waals surface area contributed by atoms with Crippen LogP contribution in [0, 0.1) is 11.8 Å². The van der Waals surface area contributed by atoms with Crippen molar-refractivity contribution < 1.29 is 103 Å². The van der Waals surface area contributed by atoms with E-state index in [4.69, 9.17) is 63.5 Å². The van der Waals surface area contributed by atoms with Gasteiger partial charge in [-0.3, -0.25) is 19.3 Å². The first kappa shape index (κ1) is 43.1. The Morgan fingerprint density at radius 3 is 1.65 bits per heavy atom. The average molecular weight is 754 g/mol. The summed E-state index contributed by atoms with van der Waals surface area (Å²) in [7, 11) is -11.1. The molecule has 1 aromatic carbocycles. The lowest BCUT2D eigenvalue weighted by atomic mass is 9.54. The molecule has 3 aliphatic rings. The van der Waals surface area contributed by atoms with Crippen molar-refractivity contribution in [2.24, 2.45) is 17.6 Å². The molecule has 0 heterocycles. The molecule has 0 spiro atoms. The molecule has 0 fully saturated rings. The normalized spacial score (nSPS) is 28.4. The zero-order chi connectivity index (χ0) is 38.3. The molecule has 48 heavy (non-hydrogen) atoms. The fourth-order valence-corrected chi connectivity index (χ4v) is 5.60. The van der Waals surface area contributed by atoms with Crippen LogP contribution in [0.3, 0.4) is 0 Å². The van der Waals surface area contributed by atoms with Crippen LogP contribution >= 0.6 is 23.5 Å². The molecule has 0 unspecified atom stereocenters. The maximum atomic E-state index is 13.3. The number of phosphoric acid groups is 3. The molecule has 3 aliphatic carbocycles. The number of nitrogens with zero attached hydrogens (tertiary/aromatic N) is 1. The predicted octanol–water partition coefficient (Wildman–Crippen LogP) is -4.03. The molecular formula is C22H33N2O21P3. The van der Waals surface area contributed by atoms with Crippen LogP contribution in [0.25, 0.3) is 0 Å². The minimum Gasteiger partial charge on any atom is -0.510 e. The number of primary amides is 1. The second kappa shape index (κ2) is 14.5. The molecule has 17 N–H and O–H groups in total. The van der Waals surface area contributed by atoms with Gasteiger partial charge in [-0.2, -0.15) is 0 Å². The Hall–Kier alpha value is -2.92. The first-order valence-corrected chi connectivity index (χ1v) is 17.1. The van der Waals surface area contributed by atoms with E-state index >= 15 is 0 Å². The van der Waals surface area contributed by atoms with Crippen LogP contribution < -0.4 is 5.73 Å². The molecule has 6 atom stereocenters. The summed E-state index contributed by atoms with van der Waals surface area (Å²) in [5, 5.41) is 66.5. The van der Waals surface area contributed by atoms with Crippen molar-refractivity contribution in [1.29, 1.82) is 0 Å². The minimum absolute atomic E-state index is 0.0281. The molecule has 23 nitrogen and oxygen atoms in total. The number of carbonyl (C=O) groups excluding carboxylic acids is 3. The van der Waals surface area contributed by atoms with Crippen molar-refractivity contribution in [3.05, 3.63) is 52.0 Å². The standard InChI is InChI=1S/C22H24N2O9.3H3O4P/c1-21(32)7-5-4-6-8(25)9(7)15(26)10-12(21)17(28)13-14(24(2)3)16(27)11(20(23)31)19(30)22(13,33)18(10)29;3*1-5(2,3)4/h4-6,12-14,17,25,27-29,32-33H,1-3H3,(H2,23,31);3*(H3,1,2,3,4)/t12-,13-,14+,17+,21-,22+;;;/m1.../s1. The maximum Gasteiger partial charge on any atom is 0.466 e. The molecule has 272 valence electrons. The number of ketones is 2. The fourth-order valence-electron chi connectivity index (χ4n) is 5.60. The van der Waals surface area contributed by atoms with Gasteiger partial charge >= 0.3 is 23.5 Å². The number of benzene rings is 1. The SMILES string of the molecule is CN(C)[C@@H]1C(O)=C(C(N)=O)C(=O)[C@@]2(O)C(O)=C3C(=O)c4c(O)cccc4[C@@](C)(O)[C@H]3[C@H](O)[C@@H]12.O=P(O)(O)O.O=P(O)(O)O.O=P(O)(O)O. The molecule has 1 aromatic rings. The molecular weight excluding hydrogens is 721 g/mol. The summed E-state index contributed by atoms with van der Waals surface area (Å²) in [5.74, 6) is -9.66. The summed E-state index contributed by atoms with van der Waals surface area (Å²) in [5.41, 5.74) is -1.88. The lowest BCUT2D eigenvalue weighted by Gasteiger charge is -2.55. The van der Waals surface area contributed by atoms with Gasteiger partial charge in [0, 0.05) is 0 Å². The second-order valence-electron chi connectivity index (χ2n) is 10.6. The highest BCUT2D eigenvalue weighted by Gasteiger charge is 2.69. The summed E-state index contributed by atoms with van der Waals surface area (Å²) < 4.78 is 26.6. The van der Waals surface area contributed by atoms with Crippen LogP contribution in [0.5, 0.6) is 5.75 Å². The summed E-state index contributed by atoms with van der Waals surface area (Å²) in [6.45, 7) is 1.25. The second-order valence-corrected chi connectivity index (χ2v) is 13.7. The number of likely N-dealkylation sites (N-methyl/N-ethyl adjacent to an activating group) is 1. The molecule has 0 aromatic heterocycles. The number of aromatic hydroxyl groups is 1. The van der Waals surface area contributed by atoms with E-state index in [-0.39, 0.29) is 11.1 Å². The highest BCUT2D eigenvalue weighted by molar-refractivity contribution is 7.45. The van der Waals surface area contributed by atoms with Crippen molar-refractivity contribution in [2.75, 3.05) is 14.1 Å². The Morgan fingerprint density at radius 1 is 0.854 bits per heavy atom. The number of nitrogens with two attached hydrogens (primary N) is 1. The van der Waals surface area contributed by atoms with E-state index < -0.39 is 105 Å². The van der Waals surface area contributed by atoms with E-state index in [1.165, 1.54) is 44.1 Å². The number of phenols is 1. The number of hydrogen-bond donors (Lipinski definition) is 16. The Bertz CT molecular complexity index is 1600. The van der Waals surface area contributed by atoms with E-state index in [1.54, 1.807) is 0 Å². The zero-order valence-electron chi connectivity index (χ0n) is 24.6.